The zero-order chi connectivity index (χ0) is 23.8. The lowest BCUT2D eigenvalue weighted by Gasteiger charge is -2.17. The second-order valence-electron chi connectivity index (χ2n) is 7.48. The molecule has 172 valence electrons. The first kappa shape index (κ1) is 24.2. The molecule has 1 fully saturated rings. The topological polar surface area (TPSA) is 120 Å². The quantitative estimate of drug-likeness (QED) is 0.426. The molecule has 3 aromatic rings. The molecule has 0 radical (unpaired) electrons. The first-order valence-corrected chi connectivity index (χ1v) is 11.0. The average molecular weight is 515 g/mol. The molecule has 0 bridgehead atoms. The predicted octanol–water partition coefficient (Wildman–Crippen LogP) is 3.91. The fourth-order valence-electron chi connectivity index (χ4n) is 3.56. The zero-order valence-corrected chi connectivity index (χ0v) is 19.2. The van der Waals surface area contributed by atoms with Crippen LogP contribution in [0.4, 0.5) is 0 Å². The third-order valence-electron chi connectivity index (χ3n) is 4.99. The fraction of sp³-hybridized carbons (Fsp3) is 0.208. The van der Waals surface area contributed by atoms with Crippen LogP contribution < -0.4 is 5.32 Å². The second-order valence-corrected chi connectivity index (χ2v) is 8.40. The highest BCUT2D eigenvalue weighted by Crippen LogP contribution is 2.25. The number of carbonyl (C=O) groups excluding carboxylic acids is 1. The lowest BCUT2D eigenvalue weighted by Crippen LogP contribution is -2.37. The molecule has 0 aliphatic carbocycles. The van der Waals surface area contributed by atoms with Crippen molar-refractivity contribution in [2.45, 2.75) is 19.0 Å². The Hall–Kier alpha value is -3.43. The molecule has 4 rings (SSSR count). The van der Waals surface area contributed by atoms with E-state index in [2.05, 4.69) is 50.4 Å². The Morgan fingerprint density at radius 3 is 2.45 bits per heavy atom. The third-order valence-corrected chi connectivity index (χ3v) is 5.44. The van der Waals surface area contributed by atoms with Crippen LogP contribution in [0.5, 0.6) is 0 Å². The molecule has 1 aliphatic rings. The molecule has 1 atom stereocenters. The van der Waals surface area contributed by atoms with Gasteiger partial charge in [0.2, 0.25) is 0 Å². The van der Waals surface area contributed by atoms with E-state index in [1.165, 1.54) is 5.56 Å². The van der Waals surface area contributed by atoms with Crippen molar-refractivity contribution >= 4 is 44.7 Å². The van der Waals surface area contributed by atoms with Crippen molar-refractivity contribution in [1.82, 2.24) is 10.2 Å². The number of hydrogen-bond donors (Lipinski definition) is 3. The summed E-state index contributed by atoms with van der Waals surface area (Å²) in [7, 11) is 0. The lowest BCUT2D eigenvalue weighted by molar-refractivity contribution is -0.134. The van der Waals surface area contributed by atoms with Gasteiger partial charge in [-0.3, -0.25) is 9.69 Å². The van der Waals surface area contributed by atoms with Gasteiger partial charge in [-0.1, -0.05) is 46.3 Å². The Morgan fingerprint density at radius 2 is 1.79 bits per heavy atom. The summed E-state index contributed by atoms with van der Waals surface area (Å²) in [5, 5.41) is 19.7. The number of carboxylic acids is 2. The molecule has 33 heavy (non-hydrogen) atoms. The number of carboxylic acid groups (broad SMARTS) is 2. The first-order valence-electron chi connectivity index (χ1n) is 10.2. The highest BCUT2D eigenvalue weighted by atomic mass is 79.9. The summed E-state index contributed by atoms with van der Waals surface area (Å²) in [5.74, 6) is -2.59. The van der Waals surface area contributed by atoms with Crippen LogP contribution >= 0.6 is 15.9 Å². The number of nitrogens with one attached hydrogen (secondary N) is 1. The summed E-state index contributed by atoms with van der Waals surface area (Å²) in [4.78, 5) is 34.2. The van der Waals surface area contributed by atoms with Crippen LogP contribution in [-0.2, 0) is 16.1 Å². The maximum absolute atomic E-state index is 12.7. The van der Waals surface area contributed by atoms with Gasteiger partial charge >= 0.3 is 11.9 Å². The van der Waals surface area contributed by atoms with Crippen molar-refractivity contribution < 1.29 is 29.0 Å². The summed E-state index contributed by atoms with van der Waals surface area (Å²) >= 11 is 3.47. The van der Waals surface area contributed by atoms with Gasteiger partial charge in [0, 0.05) is 47.7 Å². The average Bonchev–Trinajstić information content (AvgIpc) is 3.42. The van der Waals surface area contributed by atoms with Gasteiger partial charge < -0.3 is 19.9 Å². The largest absolute Gasteiger partial charge is 0.478 e. The van der Waals surface area contributed by atoms with Gasteiger partial charge in [-0.2, -0.15) is 0 Å². The van der Waals surface area contributed by atoms with E-state index in [-0.39, 0.29) is 11.9 Å². The smallest absolute Gasteiger partial charge is 0.328 e. The molecule has 1 saturated heterocycles. The zero-order valence-electron chi connectivity index (χ0n) is 17.6. The minimum atomic E-state index is -1.26. The molecular weight excluding hydrogens is 492 g/mol. The highest BCUT2D eigenvalue weighted by molar-refractivity contribution is 9.10. The number of likely N-dealkylation sites (tertiary alicyclic amines) is 1. The molecule has 0 saturated carbocycles. The van der Waals surface area contributed by atoms with E-state index in [4.69, 9.17) is 14.6 Å². The number of furan rings is 1. The van der Waals surface area contributed by atoms with Crippen LogP contribution in [0, 0.1) is 0 Å². The lowest BCUT2D eigenvalue weighted by atomic mass is 10.1. The maximum Gasteiger partial charge on any atom is 0.328 e. The van der Waals surface area contributed by atoms with Crippen molar-refractivity contribution in [2.75, 3.05) is 13.1 Å². The van der Waals surface area contributed by atoms with E-state index in [0.717, 1.165) is 35.9 Å². The summed E-state index contributed by atoms with van der Waals surface area (Å²) in [6.07, 6.45) is 3.70. The number of carbonyl (C=O) groups is 3. The summed E-state index contributed by atoms with van der Waals surface area (Å²) in [6.45, 7) is 2.79. The summed E-state index contributed by atoms with van der Waals surface area (Å²) < 4.78 is 6.38. The monoisotopic (exact) mass is 514 g/mol. The number of rotatable bonds is 6. The highest BCUT2D eigenvalue weighted by Gasteiger charge is 2.25. The van der Waals surface area contributed by atoms with Gasteiger partial charge in [0.05, 0.1) is 11.8 Å². The SMILES string of the molecule is O=C(NC1CCN(Cc2ccccc2)C1)c1cc(Br)cc2ccoc12.O=C(O)/C=C/C(=O)O. The molecule has 3 N–H and O–H groups in total. The van der Waals surface area contributed by atoms with Crippen LogP contribution in [0.1, 0.15) is 22.3 Å². The molecular formula is C24H23BrN2O6. The fourth-order valence-corrected chi connectivity index (χ4v) is 4.03. The van der Waals surface area contributed by atoms with Crippen molar-refractivity contribution in [1.29, 1.82) is 0 Å². The molecule has 1 aliphatic heterocycles. The van der Waals surface area contributed by atoms with E-state index in [9.17, 15) is 14.4 Å². The summed E-state index contributed by atoms with van der Waals surface area (Å²) in [6, 6.07) is 16.2. The Morgan fingerprint density at radius 1 is 1.09 bits per heavy atom. The molecule has 0 spiro atoms. The Bertz CT molecular complexity index is 1140. The van der Waals surface area contributed by atoms with E-state index in [1.807, 2.05) is 24.3 Å². The Kier molecular flexibility index (Phi) is 8.39. The van der Waals surface area contributed by atoms with Crippen LogP contribution in [0.3, 0.4) is 0 Å². The van der Waals surface area contributed by atoms with Crippen LogP contribution in [0.2, 0.25) is 0 Å². The van der Waals surface area contributed by atoms with E-state index in [0.29, 0.717) is 23.3 Å². The molecule has 2 heterocycles. The maximum atomic E-state index is 12.7. The van der Waals surface area contributed by atoms with Crippen molar-refractivity contribution in [3.05, 3.63) is 82.5 Å². The number of nitrogens with zero attached hydrogens (tertiary/aromatic N) is 1. The number of benzene rings is 2. The minimum Gasteiger partial charge on any atom is -0.478 e. The predicted molar refractivity (Wildman–Crippen MR) is 126 cm³/mol. The van der Waals surface area contributed by atoms with E-state index in [1.54, 1.807) is 6.26 Å². The van der Waals surface area contributed by atoms with Gasteiger partial charge in [0.25, 0.3) is 5.91 Å². The number of hydrogen-bond acceptors (Lipinski definition) is 5. The molecule has 1 aromatic heterocycles. The van der Waals surface area contributed by atoms with Gasteiger partial charge in [0.1, 0.15) is 5.58 Å². The van der Waals surface area contributed by atoms with Crippen molar-refractivity contribution in [2.24, 2.45) is 0 Å². The first-order chi connectivity index (χ1) is 15.8. The minimum absolute atomic E-state index is 0.0761. The summed E-state index contributed by atoms with van der Waals surface area (Å²) in [5.41, 5.74) is 2.52. The molecule has 2 aromatic carbocycles. The van der Waals surface area contributed by atoms with Crippen LogP contribution in [-0.4, -0.2) is 52.1 Å². The number of amides is 1. The van der Waals surface area contributed by atoms with Crippen molar-refractivity contribution in [3.63, 3.8) is 0 Å². The number of aliphatic carboxylic acids is 2. The number of halogens is 1. The van der Waals surface area contributed by atoms with Gasteiger partial charge in [-0.15, -0.1) is 0 Å². The van der Waals surface area contributed by atoms with Crippen LogP contribution in [0.25, 0.3) is 11.0 Å². The third kappa shape index (κ3) is 7.30. The van der Waals surface area contributed by atoms with Gasteiger partial charge in [-0.05, 0) is 30.2 Å². The van der Waals surface area contributed by atoms with Gasteiger partial charge in [0.15, 0.2) is 0 Å². The number of fused-ring (bicyclic) bond motifs is 1. The standard InChI is InChI=1S/C20H19BrN2O2.C4H4O4/c21-16-10-15-7-9-25-19(15)18(11-16)20(24)22-17-6-8-23(13-17)12-14-4-2-1-3-5-14;5-3(6)1-2-4(7)8/h1-5,7,9-11,17H,6,8,12-13H2,(H,22,24);1-2H,(H,5,6)(H,7,8)/b;2-1+. The molecule has 9 heteroatoms. The Balaban J connectivity index is 0.000000331. The van der Waals surface area contributed by atoms with Gasteiger partial charge in [-0.25, -0.2) is 9.59 Å². The van der Waals surface area contributed by atoms with Crippen LogP contribution in [0.15, 0.2) is 75.8 Å². The Labute approximate surface area is 198 Å². The van der Waals surface area contributed by atoms with E-state index >= 15 is 0 Å². The molecule has 8 nitrogen and oxygen atoms in total. The molecule has 1 unspecified atom stereocenters. The van der Waals surface area contributed by atoms with Crippen molar-refractivity contribution in [3.8, 4) is 0 Å². The normalized spacial score (nSPS) is 15.8. The second kappa shape index (κ2) is 11.4. The molecule has 1 amide bonds. The van der Waals surface area contributed by atoms with E-state index < -0.39 is 11.9 Å².